The average Bonchev–Trinajstić information content (AvgIpc) is 2.79. The lowest BCUT2D eigenvalue weighted by Gasteiger charge is -1.98. The van der Waals surface area contributed by atoms with E-state index in [0.717, 1.165) is 34.1 Å². The summed E-state index contributed by atoms with van der Waals surface area (Å²) in [5.74, 6) is 0.812. The molecule has 2 heterocycles. The van der Waals surface area contributed by atoms with Gasteiger partial charge in [0, 0.05) is 29.9 Å². The van der Waals surface area contributed by atoms with Crippen LogP contribution in [0, 0.1) is 0 Å². The minimum Gasteiger partial charge on any atom is -0.497 e. The monoisotopic (exact) mass is 272 g/mol. The first-order chi connectivity index (χ1) is 9.24. The second-order valence-corrected chi connectivity index (χ2v) is 4.81. The zero-order chi connectivity index (χ0) is 13.2. The van der Waals surface area contributed by atoms with Crippen molar-refractivity contribution in [2.24, 2.45) is 0 Å². The van der Waals surface area contributed by atoms with Crippen molar-refractivity contribution in [3.05, 3.63) is 65.1 Å². The van der Waals surface area contributed by atoms with Crippen LogP contribution < -0.4 is 4.74 Å². The van der Waals surface area contributed by atoms with Gasteiger partial charge in [-0.05, 0) is 23.8 Å². The number of pyridine rings is 1. The molecule has 96 valence electrons. The molecule has 0 unspecified atom stereocenters. The van der Waals surface area contributed by atoms with Gasteiger partial charge in [0.25, 0.3) is 0 Å². The molecule has 0 amide bonds. The van der Waals surface area contributed by atoms with Gasteiger partial charge in [-0.1, -0.05) is 23.7 Å². The maximum absolute atomic E-state index is 5.99. The molecule has 0 bridgehead atoms. The van der Waals surface area contributed by atoms with Crippen LogP contribution >= 0.6 is 11.6 Å². The van der Waals surface area contributed by atoms with E-state index in [4.69, 9.17) is 16.3 Å². The van der Waals surface area contributed by atoms with E-state index in [9.17, 15) is 0 Å². The number of benzene rings is 1. The van der Waals surface area contributed by atoms with Crippen LogP contribution in [0.3, 0.4) is 0 Å². The quantitative estimate of drug-likeness (QED) is 0.728. The molecule has 0 aliphatic carbocycles. The summed E-state index contributed by atoms with van der Waals surface area (Å²) in [6.07, 6.45) is 4.74. The standard InChI is InChI=1S/C15H13ClN2O/c1-19-14-5-6-18-10-13(17-15(18)9-14)8-11-3-2-4-12(16)7-11/h2-7,9-10H,8H2,1H3. The van der Waals surface area contributed by atoms with E-state index in [2.05, 4.69) is 11.1 Å². The van der Waals surface area contributed by atoms with E-state index in [0.29, 0.717) is 0 Å². The first kappa shape index (κ1) is 12.1. The molecule has 0 saturated heterocycles. The summed E-state index contributed by atoms with van der Waals surface area (Å²) in [7, 11) is 1.65. The van der Waals surface area contributed by atoms with Crippen molar-refractivity contribution in [1.29, 1.82) is 0 Å². The third kappa shape index (κ3) is 2.56. The Kier molecular flexibility index (Phi) is 3.13. The highest BCUT2D eigenvalue weighted by atomic mass is 35.5. The fourth-order valence-corrected chi connectivity index (χ4v) is 2.30. The summed E-state index contributed by atoms with van der Waals surface area (Å²) in [4.78, 5) is 4.59. The van der Waals surface area contributed by atoms with Crippen LogP contribution in [0.2, 0.25) is 5.02 Å². The molecule has 3 aromatic rings. The van der Waals surface area contributed by atoms with Gasteiger partial charge in [-0.3, -0.25) is 0 Å². The summed E-state index contributed by atoms with van der Waals surface area (Å²) in [5.41, 5.74) is 3.05. The predicted octanol–water partition coefficient (Wildman–Crippen LogP) is 3.59. The van der Waals surface area contributed by atoms with Crippen molar-refractivity contribution in [2.75, 3.05) is 7.11 Å². The van der Waals surface area contributed by atoms with Crippen LogP contribution in [-0.4, -0.2) is 16.5 Å². The Hall–Kier alpha value is -2.00. The van der Waals surface area contributed by atoms with Crippen molar-refractivity contribution < 1.29 is 4.74 Å². The van der Waals surface area contributed by atoms with Gasteiger partial charge in [-0.25, -0.2) is 4.98 Å². The number of fused-ring (bicyclic) bond motifs is 1. The number of imidazole rings is 1. The molecule has 0 aliphatic rings. The van der Waals surface area contributed by atoms with E-state index < -0.39 is 0 Å². The van der Waals surface area contributed by atoms with E-state index in [1.165, 1.54) is 0 Å². The van der Waals surface area contributed by atoms with Crippen LogP contribution in [0.4, 0.5) is 0 Å². The van der Waals surface area contributed by atoms with Gasteiger partial charge < -0.3 is 9.14 Å². The summed E-state index contributed by atoms with van der Waals surface area (Å²) in [6.45, 7) is 0. The van der Waals surface area contributed by atoms with Gasteiger partial charge in [0.1, 0.15) is 11.4 Å². The van der Waals surface area contributed by atoms with Crippen molar-refractivity contribution in [3.8, 4) is 5.75 Å². The van der Waals surface area contributed by atoms with Gasteiger partial charge in [0.2, 0.25) is 0 Å². The Labute approximate surface area is 116 Å². The molecule has 0 N–H and O–H groups in total. The van der Waals surface area contributed by atoms with Gasteiger partial charge >= 0.3 is 0 Å². The first-order valence-electron chi connectivity index (χ1n) is 6.01. The molecule has 0 aliphatic heterocycles. The predicted molar refractivity (Wildman–Crippen MR) is 76.0 cm³/mol. The smallest absolute Gasteiger partial charge is 0.140 e. The molecule has 1 aromatic carbocycles. The van der Waals surface area contributed by atoms with Crippen LogP contribution in [0.15, 0.2) is 48.8 Å². The minimum atomic E-state index is 0.753. The molecular formula is C15H13ClN2O. The average molecular weight is 273 g/mol. The highest BCUT2D eigenvalue weighted by molar-refractivity contribution is 6.30. The molecule has 0 saturated carbocycles. The zero-order valence-electron chi connectivity index (χ0n) is 10.5. The number of aromatic nitrogens is 2. The molecule has 19 heavy (non-hydrogen) atoms. The summed E-state index contributed by atoms with van der Waals surface area (Å²) < 4.78 is 7.18. The minimum absolute atomic E-state index is 0.753. The van der Waals surface area contributed by atoms with Gasteiger partial charge in [0.15, 0.2) is 0 Å². The molecule has 3 nitrogen and oxygen atoms in total. The molecule has 0 atom stereocenters. The Morgan fingerprint density at radius 1 is 1.26 bits per heavy atom. The van der Waals surface area contributed by atoms with Gasteiger partial charge in [-0.2, -0.15) is 0 Å². The normalized spacial score (nSPS) is 10.8. The van der Waals surface area contributed by atoms with Crippen LogP contribution in [0.25, 0.3) is 5.65 Å². The second kappa shape index (κ2) is 4.94. The molecule has 0 radical (unpaired) electrons. The van der Waals surface area contributed by atoms with Gasteiger partial charge in [0.05, 0.1) is 12.8 Å². The third-order valence-electron chi connectivity index (χ3n) is 2.99. The number of methoxy groups -OCH3 is 1. The number of hydrogen-bond acceptors (Lipinski definition) is 2. The highest BCUT2D eigenvalue weighted by Crippen LogP contribution is 2.17. The lowest BCUT2D eigenvalue weighted by molar-refractivity contribution is 0.414. The Morgan fingerprint density at radius 2 is 2.16 bits per heavy atom. The molecule has 0 fully saturated rings. The highest BCUT2D eigenvalue weighted by Gasteiger charge is 2.04. The lowest BCUT2D eigenvalue weighted by atomic mass is 10.1. The fraction of sp³-hybridized carbons (Fsp3) is 0.133. The number of rotatable bonds is 3. The number of halogens is 1. The Morgan fingerprint density at radius 3 is 2.95 bits per heavy atom. The number of hydrogen-bond donors (Lipinski definition) is 0. The van der Waals surface area contributed by atoms with Crippen molar-refractivity contribution in [1.82, 2.24) is 9.38 Å². The van der Waals surface area contributed by atoms with Crippen molar-refractivity contribution >= 4 is 17.2 Å². The first-order valence-corrected chi connectivity index (χ1v) is 6.38. The van der Waals surface area contributed by atoms with Crippen LogP contribution in [-0.2, 0) is 6.42 Å². The molecule has 3 rings (SSSR count). The van der Waals surface area contributed by atoms with Crippen molar-refractivity contribution in [3.63, 3.8) is 0 Å². The van der Waals surface area contributed by atoms with Crippen LogP contribution in [0.1, 0.15) is 11.3 Å². The topological polar surface area (TPSA) is 26.5 Å². The fourth-order valence-electron chi connectivity index (χ4n) is 2.08. The summed E-state index contributed by atoms with van der Waals surface area (Å²) in [6, 6.07) is 11.7. The third-order valence-corrected chi connectivity index (χ3v) is 3.23. The Balaban J connectivity index is 1.93. The molecule has 4 heteroatoms. The van der Waals surface area contributed by atoms with E-state index in [-0.39, 0.29) is 0 Å². The van der Waals surface area contributed by atoms with Gasteiger partial charge in [-0.15, -0.1) is 0 Å². The zero-order valence-corrected chi connectivity index (χ0v) is 11.3. The largest absolute Gasteiger partial charge is 0.497 e. The summed E-state index contributed by atoms with van der Waals surface area (Å²) in [5, 5.41) is 0.753. The maximum Gasteiger partial charge on any atom is 0.140 e. The Bertz CT molecular complexity index is 721. The van der Waals surface area contributed by atoms with E-state index >= 15 is 0 Å². The number of nitrogens with zero attached hydrogens (tertiary/aromatic N) is 2. The van der Waals surface area contributed by atoms with E-state index in [1.54, 1.807) is 7.11 Å². The van der Waals surface area contributed by atoms with E-state index in [1.807, 2.05) is 47.1 Å². The van der Waals surface area contributed by atoms with Crippen molar-refractivity contribution in [2.45, 2.75) is 6.42 Å². The maximum atomic E-state index is 5.99. The SMILES string of the molecule is COc1ccn2cc(Cc3cccc(Cl)c3)nc2c1. The lowest BCUT2D eigenvalue weighted by Crippen LogP contribution is -1.87. The summed E-state index contributed by atoms with van der Waals surface area (Å²) >= 11 is 5.99. The molecule has 2 aromatic heterocycles. The molecule has 0 spiro atoms. The second-order valence-electron chi connectivity index (χ2n) is 4.37. The number of ether oxygens (including phenoxy) is 1. The van der Waals surface area contributed by atoms with Crippen LogP contribution in [0.5, 0.6) is 5.75 Å². The molecular weight excluding hydrogens is 260 g/mol.